The van der Waals surface area contributed by atoms with Gasteiger partial charge in [-0.05, 0) is 108 Å². The van der Waals surface area contributed by atoms with Crippen molar-refractivity contribution in [3.63, 3.8) is 0 Å². The van der Waals surface area contributed by atoms with Gasteiger partial charge in [0.2, 0.25) is 0 Å². The maximum absolute atomic E-state index is 9.85. The number of aliphatic hydroxyl groups excluding tert-OH is 2. The summed E-state index contributed by atoms with van der Waals surface area (Å²) >= 11 is 0. The van der Waals surface area contributed by atoms with E-state index in [0.717, 1.165) is 74.7 Å². The summed E-state index contributed by atoms with van der Waals surface area (Å²) in [7, 11) is 0. The molecule has 0 bridgehead atoms. The molecule has 242 valence electrons. The van der Waals surface area contributed by atoms with Gasteiger partial charge in [0.05, 0.1) is 12.2 Å². The Hall–Kier alpha value is -3.68. The highest BCUT2D eigenvalue weighted by atomic mass is 16.5. The van der Waals surface area contributed by atoms with Crippen LogP contribution in [0.1, 0.15) is 57.3 Å². The van der Waals surface area contributed by atoms with Crippen molar-refractivity contribution in [2.45, 2.75) is 79.0 Å². The van der Waals surface area contributed by atoms with Crippen molar-refractivity contribution >= 4 is 0 Å². The molecule has 2 aliphatic heterocycles. The molecule has 6 heteroatoms. The molecule has 4 aromatic rings. The molecule has 6 nitrogen and oxygen atoms in total. The Labute approximate surface area is 274 Å². The second kappa shape index (κ2) is 14.4. The molecule has 2 N–H and O–H groups in total. The zero-order chi connectivity index (χ0) is 32.2. The zero-order valence-electron chi connectivity index (χ0n) is 27.8. The predicted molar refractivity (Wildman–Crippen MR) is 184 cm³/mol. The van der Waals surface area contributed by atoms with Gasteiger partial charge in [0.15, 0.2) is 0 Å². The lowest BCUT2D eigenvalue weighted by Gasteiger charge is -2.19. The van der Waals surface area contributed by atoms with Crippen LogP contribution in [0.15, 0.2) is 72.8 Å². The fraction of sp³-hybridized carbons (Fsp3) is 0.400. The smallest absolute Gasteiger partial charge is 0.122 e. The molecular weight excluding hydrogens is 572 g/mol. The number of rotatable bonds is 11. The van der Waals surface area contributed by atoms with E-state index in [0.29, 0.717) is 13.2 Å². The average Bonchev–Trinajstić information content (AvgIpc) is 3.64. The summed E-state index contributed by atoms with van der Waals surface area (Å²) in [5.74, 6) is 1.81. The lowest BCUT2D eigenvalue weighted by Crippen LogP contribution is -2.21. The molecule has 0 spiro atoms. The number of benzene rings is 4. The van der Waals surface area contributed by atoms with Crippen LogP contribution < -0.4 is 9.47 Å². The first-order chi connectivity index (χ1) is 22.2. The van der Waals surface area contributed by atoms with Crippen molar-refractivity contribution < 1.29 is 19.7 Å². The number of likely N-dealkylation sites (tertiary alicyclic amines) is 2. The highest BCUT2D eigenvalue weighted by Crippen LogP contribution is 2.32. The monoisotopic (exact) mass is 620 g/mol. The first kappa shape index (κ1) is 32.3. The van der Waals surface area contributed by atoms with Gasteiger partial charge in [-0.25, -0.2) is 0 Å². The molecule has 2 atom stereocenters. The third kappa shape index (κ3) is 7.64. The van der Waals surface area contributed by atoms with Crippen LogP contribution in [0.2, 0.25) is 0 Å². The third-order valence-electron chi connectivity index (χ3n) is 9.73. The topological polar surface area (TPSA) is 65.4 Å². The summed E-state index contributed by atoms with van der Waals surface area (Å²) in [5.41, 5.74) is 12.0. The first-order valence-corrected chi connectivity index (χ1v) is 16.7. The van der Waals surface area contributed by atoms with Gasteiger partial charge < -0.3 is 19.7 Å². The molecular formula is C40H48N2O4. The number of ether oxygens (including phenoxy) is 2. The summed E-state index contributed by atoms with van der Waals surface area (Å²) in [5, 5.41) is 19.7. The summed E-state index contributed by atoms with van der Waals surface area (Å²) < 4.78 is 12.7. The molecule has 6 rings (SSSR count). The van der Waals surface area contributed by atoms with E-state index in [2.05, 4.69) is 110 Å². The fourth-order valence-electron chi connectivity index (χ4n) is 6.95. The Morgan fingerprint density at radius 2 is 1.04 bits per heavy atom. The minimum absolute atomic E-state index is 0.197. The maximum Gasteiger partial charge on any atom is 0.122 e. The van der Waals surface area contributed by atoms with Gasteiger partial charge in [0.1, 0.15) is 24.7 Å². The van der Waals surface area contributed by atoms with Crippen LogP contribution in [0.3, 0.4) is 0 Å². The molecule has 46 heavy (non-hydrogen) atoms. The SMILES string of the molecule is Cc1cc(CN2CC[C@@H](O)C2)ccc1OCc1cccc(-c2cccc(COc3ccc(CN4CC[C@@H](O)C4)cc3C)c2C)c1C. The van der Waals surface area contributed by atoms with Crippen LogP contribution in [0, 0.1) is 27.7 Å². The van der Waals surface area contributed by atoms with Crippen molar-refractivity contribution in [2.75, 3.05) is 26.2 Å². The lowest BCUT2D eigenvalue weighted by molar-refractivity contribution is 0.174. The molecule has 2 fully saturated rings. The van der Waals surface area contributed by atoms with E-state index in [-0.39, 0.29) is 12.2 Å². The van der Waals surface area contributed by atoms with E-state index in [1.165, 1.54) is 44.5 Å². The highest BCUT2D eigenvalue weighted by Gasteiger charge is 2.21. The highest BCUT2D eigenvalue weighted by molar-refractivity contribution is 5.72. The standard InChI is InChI=1S/C40H48N2O4/c1-27-19-31(21-41-17-15-35(43)23-41)11-13-39(27)45-25-33-7-5-9-37(29(33)3)38-10-6-8-34(30(38)4)26-46-40-14-12-32(20-28(40)2)22-42-18-16-36(44)24-42/h5-14,19-20,35-36,43-44H,15-18,21-26H2,1-4H3/t35-,36-/m1/s1. The molecule has 0 aromatic heterocycles. The molecule has 2 aliphatic rings. The van der Waals surface area contributed by atoms with Gasteiger partial charge in [-0.2, -0.15) is 0 Å². The molecule has 2 saturated heterocycles. The van der Waals surface area contributed by atoms with Crippen molar-refractivity contribution in [3.8, 4) is 22.6 Å². The second-order valence-corrected chi connectivity index (χ2v) is 13.3. The van der Waals surface area contributed by atoms with Gasteiger partial charge in [0, 0.05) is 39.3 Å². The first-order valence-electron chi connectivity index (χ1n) is 16.7. The van der Waals surface area contributed by atoms with Crippen molar-refractivity contribution in [1.82, 2.24) is 9.80 Å². The van der Waals surface area contributed by atoms with Crippen molar-refractivity contribution in [3.05, 3.63) is 117 Å². The number of β-amino-alcohol motifs (C(OH)–C–C–N with tert-alkyl or cyclic N) is 2. The Kier molecular flexibility index (Phi) is 10.1. The van der Waals surface area contributed by atoms with Gasteiger partial charge >= 0.3 is 0 Å². The van der Waals surface area contributed by atoms with Crippen LogP contribution in [-0.2, 0) is 26.3 Å². The number of nitrogens with zero attached hydrogens (tertiary/aromatic N) is 2. The fourth-order valence-corrected chi connectivity index (χ4v) is 6.95. The molecule has 0 aliphatic carbocycles. The van der Waals surface area contributed by atoms with E-state index >= 15 is 0 Å². The third-order valence-corrected chi connectivity index (χ3v) is 9.73. The van der Waals surface area contributed by atoms with E-state index in [9.17, 15) is 10.2 Å². The van der Waals surface area contributed by atoms with Gasteiger partial charge in [-0.1, -0.05) is 60.7 Å². The quantitative estimate of drug-likeness (QED) is 0.191. The van der Waals surface area contributed by atoms with Crippen LogP contribution in [-0.4, -0.2) is 58.4 Å². The van der Waals surface area contributed by atoms with Crippen LogP contribution >= 0.6 is 0 Å². The number of aliphatic hydroxyl groups is 2. The minimum Gasteiger partial charge on any atom is -0.489 e. The van der Waals surface area contributed by atoms with Crippen LogP contribution in [0.25, 0.3) is 11.1 Å². The molecule has 2 heterocycles. The molecule has 4 aromatic carbocycles. The largest absolute Gasteiger partial charge is 0.489 e. The molecule has 0 radical (unpaired) electrons. The molecule has 0 amide bonds. The Balaban J connectivity index is 1.10. The summed E-state index contributed by atoms with van der Waals surface area (Å²) in [6, 6.07) is 25.8. The minimum atomic E-state index is -0.197. The van der Waals surface area contributed by atoms with Gasteiger partial charge in [0.25, 0.3) is 0 Å². The summed E-state index contributed by atoms with van der Waals surface area (Å²) in [6.45, 7) is 14.7. The van der Waals surface area contributed by atoms with E-state index in [4.69, 9.17) is 9.47 Å². The van der Waals surface area contributed by atoms with Crippen LogP contribution in [0.4, 0.5) is 0 Å². The van der Waals surface area contributed by atoms with E-state index in [1.54, 1.807) is 0 Å². The predicted octanol–water partition coefficient (Wildman–Crippen LogP) is 6.88. The van der Waals surface area contributed by atoms with Crippen LogP contribution in [0.5, 0.6) is 11.5 Å². The number of aryl methyl sites for hydroxylation is 2. The maximum atomic E-state index is 9.85. The normalized spacial score (nSPS) is 18.7. The Bertz CT molecular complexity index is 1540. The van der Waals surface area contributed by atoms with E-state index in [1.807, 2.05) is 0 Å². The number of hydrogen-bond acceptors (Lipinski definition) is 6. The van der Waals surface area contributed by atoms with Gasteiger partial charge in [-0.3, -0.25) is 9.80 Å². The number of hydrogen-bond donors (Lipinski definition) is 2. The lowest BCUT2D eigenvalue weighted by atomic mass is 9.92. The van der Waals surface area contributed by atoms with Crippen molar-refractivity contribution in [2.24, 2.45) is 0 Å². The average molecular weight is 621 g/mol. The Morgan fingerprint density at radius 1 is 0.609 bits per heavy atom. The second-order valence-electron chi connectivity index (χ2n) is 13.3. The van der Waals surface area contributed by atoms with E-state index < -0.39 is 0 Å². The van der Waals surface area contributed by atoms with Gasteiger partial charge in [-0.15, -0.1) is 0 Å². The summed E-state index contributed by atoms with van der Waals surface area (Å²) in [6.07, 6.45) is 1.32. The van der Waals surface area contributed by atoms with Crippen molar-refractivity contribution in [1.29, 1.82) is 0 Å². The summed E-state index contributed by atoms with van der Waals surface area (Å²) in [4.78, 5) is 4.61. The Morgan fingerprint density at radius 3 is 1.41 bits per heavy atom. The molecule has 0 unspecified atom stereocenters. The molecule has 0 saturated carbocycles. The zero-order valence-corrected chi connectivity index (χ0v) is 27.8.